The zero-order chi connectivity index (χ0) is 13.6. The number of nitrogens with one attached hydrogen (secondary N) is 1. The van der Waals surface area contributed by atoms with Gasteiger partial charge in [-0.3, -0.25) is 0 Å². The van der Waals surface area contributed by atoms with Crippen molar-refractivity contribution in [3.05, 3.63) is 11.2 Å². The highest BCUT2D eigenvalue weighted by Gasteiger charge is 2.25. The number of esters is 1. The normalized spacial score (nSPS) is 11.4. The van der Waals surface area contributed by atoms with Crippen molar-refractivity contribution in [2.24, 2.45) is 0 Å². The van der Waals surface area contributed by atoms with Crippen LogP contribution in [0.5, 0.6) is 0 Å². The van der Waals surface area contributed by atoms with Crippen molar-refractivity contribution >= 4 is 27.3 Å². The standard InChI is InChI=1S/C9H14N2O5S2/c1-3-16-5-4-11-18(13,14)9-7(8(12)15-2)10-6-17-9/h6,11H,3-5H2,1-2H3. The minimum absolute atomic E-state index is 0.134. The molecular formula is C9H14N2O5S2. The van der Waals surface area contributed by atoms with E-state index in [2.05, 4.69) is 14.4 Å². The van der Waals surface area contributed by atoms with Crippen LogP contribution in [-0.2, 0) is 19.5 Å². The van der Waals surface area contributed by atoms with Crippen LogP contribution < -0.4 is 4.72 Å². The zero-order valence-corrected chi connectivity index (χ0v) is 11.6. The Labute approximate surface area is 109 Å². The number of ether oxygens (including phenoxy) is 2. The molecule has 0 atom stereocenters. The van der Waals surface area contributed by atoms with E-state index in [1.165, 1.54) is 12.6 Å². The highest BCUT2D eigenvalue weighted by atomic mass is 32.2. The summed E-state index contributed by atoms with van der Waals surface area (Å²) in [5.41, 5.74) is 1.08. The molecule has 1 rings (SSSR count). The quantitative estimate of drug-likeness (QED) is 0.572. The van der Waals surface area contributed by atoms with Gasteiger partial charge >= 0.3 is 5.97 Å². The molecule has 0 unspecified atom stereocenters. The average molecular weight is 294 g/mol. The van der Waals surface area contributed by atoms with E-state index in [1.54, 1.807) is 0 Å². The lowest BCUT2D eigenvalue weighted by atomic mass is 10.5. The van der Waals surface area contributed by atoms with Crippen LogP contribution in [-0.4, -0.2) is 46.2 Å². The van der Waals surface area contributed by atoms with E-state index in [4.69, 9.17) is 4.74 Å². The molecule has 1 aromatic rings. The molecule has 0 aliphatic rings. The van der Waals surface area contributed by atoms with E-state index in [9.17, 15) is 13.2 Å². The van der Waals surface area contributed by atoms with Gasteiger partial charge in [-0.15, -0.1) is 11.3 Å². The number of hydrogen-bond acceptors (Lipinski definition) is 7. The molecule has 7 nitrogen and oxygen atoms in total. The van der Waals surface area contributed by atoms with Crippen LogP contribution in [0.1, 0.15) is 17.4 Å². The summed E-state index contributed by atoms with van der Waals surface area (Å²) in [5.74, 6) is -0.776. The van der Waals surface area contributed by atoms with Gasteiger partial charge in [0.2, 0.25) is 0 Å². The smallest absolute Gasteiger partial charge is 0.358 e. The molecule has 0 saturated heterocycles. The Morgan fingerprint density at radius 1 is 1.56 bits per heavy atom. The lowest BCUT2D eigenvalue weighted by molar-refractivity contribution is 0.0590. The zero-order valence-electron chi connectivity index (χ0n) is 10.0. The topological polar surface area (TPSA) is 94.6 Å². The van der Waals surface area contributed by atoms with Gasteiger partial charge in [0.05, 0.1) is 19.2 Å². The van der Waals surface area contributed by atoms with Crippen LogP contribution in [0.25, 0.3) is 0 Å². The minimum Gasteiger partial charge on any atom is -0.464 e. The SMILES string of the molecule is CCOCCNS(=O)(=O)c1scnc1C(=O)OC. The molecule has 0 fully saturated rings. The third-order valence-corrected chi connectivity index (χ3v) is 4.73. The summed E-state index contributed by atoms with van der Waals surface area (Å²) in [7, 11) is -2.59. The lowest BCUT2D eigenvalue weighted by Gasteiger charge is -2.05. The van der Waals surface area contributed by atoms with Crippen molar-refractivity contribution in [3.63, 3.8) is 0 Å². The van der Waals surface area contributed by atoms with Crippen LogP contribution in [0.4, 0.5) is 0 Å². The number of nitrogens with zero attached hydrogens (tertiary/aromatic N) is 1. The first-order valence-corrected chi connectivity index (χ1v) is 7.48. The largest absolute Gasteiger partial charge is 0.464 e. The van der Waals surface area contributed by atoms with Gasteiger partial charge in [0.25, 0.3) is 10.0 Å². The second-order valence-electron chi connectivity index (χ2n) is 3.07. The van der Waals surface area contributed by atoms with E-state index < -0.39 is 16.0 Å². The molecule has 1 heterocycles. The Morgan fingerprint density at radius 3 is 2.89 bits per heavy atom. The highest BCUT2D eigenvalue weighted by molar-refractivity contribution is 7.91. The summed E-state index contributed by atoms with van der Waals surface area (Å²) < 4.78 is 35.4. The van der Waals surface area contributed by atoms with Crippen LogP contribution in [0.3, 0.4) is 0 Å². The first kappa shape index (κ1) is 15.0. The van der Waals surface area contributed by atoms with Crippen molar-refractivity contribution in [1.82, 2.24) is 9.71 Å². The number of hydrogen-bond donors (Lipinski definition) is 1. The Balaban J connectivity index is 2.79. The molecule has 0 amide bonds. The van der Waals surface area contributed by atoms with Gasteiger partial charge in [-0.2, -0.15) is 0 Å². The Kier molecular flexibility index (Phi) is 5.66. The second kappa shape index (κ2) is 6.78. The third kappa shape index (κ3) is 3.73. The monoisotopic (exact) mass is 294 g/mol. The van der Waals surface area contributed by atoms with Crippen LogP contribution in [0, 0.1) is 0 Å². The number of aromatic nitrogens is 1. The van der Waals surface area contributed by atoms with Crippen LogP contribution in [0.15, 0.2) is 9.72 Å². The Hall–Kier alpha value is -1.03. The van der Waals surface area contributed by atoms with E-state index >= 15 is 0 Å². The predicted molar refractivity (Wildman–Crippen MR) is 65.1 cm³/mol. The van der Waals surface area contributed by atoms with Gasteiger partial charge in [-0.25, -0.2) is 22.9 Å². The number of carbonyl (C=O) groups excluding carboxylic acids is 1. The molecule has 1 aromatic heterocycles. The number of thiazole rings is 1. The van der Waals surface area contributed by atoms with E-state index in [1.807, 2.05) is 6.92 Å². The van der Waals surface area contributed by atoms with Gasteiger partial charge < -0.3 is 9.47 Å². The maximum Gasteiger partial charge on any atom is 0.358 e. The van der Waals surface area contributed by atoms with E-state index in [-0.39, 0.29) is 23.1 Å². The summed E-state index contributed by atoms with van der Waals surface area (Å²) in [6, 6.07) is 0. The molecule has 0 saturated carbocycles. The minimum atomic E-state index is -3.76. The first-order chi connectivity index (χ1) is 8.53. The Morgan fingerprint density at radius 2 is 2.28 bits per heavy atom. The highest BCUT2D eigenvalue weighted by Crippen LogP contribution is 2.20. The molecule has 0 aromatic carbocycles. The summed E-state index contributed by atoms with van der Waals surface area (Å²) >= 11 is 0.861. The van der Waals surface area contributed by atoms with Crippen LogP contribution >= 0.6 is 11.3 Å². The summed E-state index contributed by atoms with van der Waals surface area (Å²) in [6.07, 6.45) is 0. The molecule has 0 radical (unpaired) electrons. The molecule has 9 heteroatoms. The number of methoxy groups -OCH3 is 1. The van der Waals surface area contributed by atoms with Gasteiger partial charge in [-0.05, 0) is 6.92 Å². The number of carbonyl (C=O) groups is 1. The number of rotatable bonds is 7. The maximum absolute atomic E-state index is 11.9. The molecule has 102 valence electrons. The number of sulfonamides is 1. The van der Waals surface area contributed by atoms with E-state index in [0.717, 1.165) is 11.3 Å². The van der Waals surface area contributed by atoms with Gasteiger partial charge in [0.15, 0.2) is 9.90 Å². The Bertz CT molecular complexity index is 497. The third-order valence-electron chi connectivity index (χ3n) is 1.90. The summed E-state index contributed by atoms with van der Waals surface area (Å²) in [4.78, 5) is 15.0. The second-order valence-corrected chi connectivity index (χ2v) is 5.89. The van der Waals surface area contributed by atoms with Gasteiger partial charge in [-0.1, -0.05) is 0 Å². The summed E-state index contributed by atoms with van der Waals surface area (Å²) in [5, 5.41) is 0. The molecular weight excluding hydrogens is 280 g/mol. The van der Waals surface area contributed by atoms with Crippen molar-refractivity contribution in [1.29, 1.82) is 0 Å². The molecule has 0 bridgehead atoms. The summed E-state index contributed by atoms with van der Waals surface area (Å²) in [6.45, 7) is 2.72. The van der Waals surface area contributed by atoms with Crippen molar-refractivity contribution < 1.29 is 22.7 Å². The van der Waals surface area contributed by atoms with Crippen molar-refractivity contribution in [2.75, 3.05) is 26.9 Å². The average Bonchev–Trinajstić information content (AvgIpc) is 2.83. The predicted octanol–water partition coefficient (Wildman–Crippen LogP) is 0.245. The fourth-order valence-corrected chi connectivity index (χ4v) is 3.30. The van der Waals surface area contributed by atoms with Crippen molar-refractivity contribution in [3.8, 4) is 0 Å². The van der Waals surface area contributed by atoms with Crippen molar-refractivity contribution in [2.45, 2.75) is 11.1 Å². The fraction of sp³-hybridized carbons (Fsp3) is 0.556. The van der Waals surface area contributed by atoms with Gasteiger partial charge in [0.1, 0.15) is 0 Å². The van der Waals surface area contributed by atoms with Crippen LogP contribution in [0.2, 0.25) is 0 Å². The maximum atomic E-state index is 11.9. The van der Waals surface area contributed by atoms with E-state index in [0.29, 0.717) is 6.61 Å². The molecule has 1 N–H and O–H groups in total. The molecule has 18 heavy (non-hydrogen) atoms. The molecule has 0 aliphatic heterocycles. The molecule has 0 spiro atoms. The molecule has 0 aliphatic carbocycles. The fourth-order valence-electron chi connectivity index (χ4n) is 1.12. The first-order valence-electron chi connectivity index (χ1n) is 5.12. The van der Waals surface area contributed by atoms with Gasteiger partial charge in [0, 0.05) is 13.2 Å². The lowest BCUT2D eigenvalue weighted by Crippen LogP contribution is -2.28.